The van der Waals surface area contributed by atoms with Gasteiger partial charge in [0, 0.05) is 12.1 Å². The molecule has 1 unspecified atom stereocenters. The Bertz CT molecular complexity index is 629. The van der Waals surface area contributed by atoms with Crippen LogP contribution in [0.25, 0.3) is 0 Å². The lowest BCUT2D eigenvalue weighted by molar-refractivity contribution is 0.500. The van der Waals surface area contributed by atoms with Crippen LogP contribution >= 0.6 is 0 Å². The maximum absolute atomic E-state index is 13.7. The van der Waals surface area contributed by atoms with E-state index in [4.69, 9.17) is 5.84 Å². The van der Waals surface area contributed by atoms with Gasteiger partial charge in [-0.3, -0.25) is 11.3 Å². The summed E-state index contributed by atoms with van der Waals surface area (Å²) in [5.41, 5.74) is 4.72. The minimum atomic E-state index is -0.616. The zero-order chi connectivity index (χ0) is 15.4. The van der Waals surface area contributed by atoms with Crippen molar-refractivity contribution in [3.05, 3.63) is 70.5 Å². The SMILES string of the molecule is Cc1ccc(F)cc1CC(Cc1ccc(F)cc1F)NN. The highest BCUT2D eigenvalue weighted by Gasteiger charge is 2.14. The Morgan fingerprint density at radius 1 is 0.952 bits per heavy atom. The molecule has 0 aliphatic rings. The summed E-state index contributed by atoms with van der Waals surface area (Å²) >= 11 is 0. The molecule has 0 aromatic heterocycles. The van der Waals surface area contributed by atoms with Gasteiger partial charge in [0.25, 0.3) is 0 Å². The number of nitrogens with one attached hydrogen (secondary N) is 1. The Labute approximate surface area is 121 Å². The van der Waals surface area contributed by atoms with Crippen molar-refractivity contribution in [1.82, 2.24) is 5.43 Å². The Hall–Kier alpha value is -1.85. The number of halogens is 3. The second-order valence-corrected chi connectivity index (χ2v) is 5.08. The second-order valence-electron chi connectivity index (χ2n) is 5.08. The highest BCUT2D eigenvalue weighted by Crippen LogP contribution is 2.16. The van der Waals surface area contributed by atoms with Crippen molar-refractivity contribution in [3.63, 3.8) is 0 Å². The fourth-order valence-electron chi connectivity index (χ4n) is 2.27. The molecule has 0 aliphatic heterocycles. The van der Waals surface area contributed by atoms with Crippen molar-refractivity contribution in [1.29, 1.82) is 0 Å². The van der Waals surface area contributed by atoms with Gasteiger partial charge in [-0.15, -0.1) is 0 Å². The molecule has 2 aromatic rings. The van der Waals surface area contributed by atoms with Gasteiger partial charge in [-0.25, -0.2) is 13.2 Å². The number of hydrogen-bond donors (Lipinski definition) is 2. The van der Waals surface area contributed by atoms with E-state index in [1.165, 1.54) is 24.3 Å². The summed E-state index contributed by atoms with van der Waals surface area (Å²) in [6.45, 7) is 1.88. The fourth-order valence-corrected chi connectivity index (χ4v) is 2.27. The molecule has 0 fully saturated rings. The second kappa shape index (κ2) is 6.74. The molecule has 0 saturated carbocycles. The van der Waals surface area contributed by atoms with E-state index >= 15 is 0 Å². The maximum Gasteiger partial charge on any atom is 0.129 e. The molecule has 0 heterocycles. The third kappa shape index (κ3) is 4.06. The lowest BCUT2D eigenvalue weighted by Gasteiger charge is -2.18. The smallest absolute Gasteiger partial charge is 0.129 e. The van der Waals surface area contributed by atoms with E-state index in [-0.39, 0.29) is 11.9 Å². The first-order valence-corrected chi connectivity index (χ1v) is 6.64. The van der Waals surface area contributed by atoms with Crippen LogP contribution in [0.15, 0.2) is 36.4 Å². The number of hydrazine groups is 1. The van der Waals surface area contributed by atoms with Crippen molar-refractivity contribution in [2.75, 3.05) is 0 Å². The average Bonchev–Trinajstić information content (AvgIpc) is 2.44. The van der Waals surface area contributed by atoms with E-state index < -0.39 is 11.6 Å². The summed E-state index contributed by atoms with van der Waals surface area (Å²) in [6.07, 6.45) is 0.746. The zero-order valence-electron chi connectivity index (χ0n) is 11.7. The molecule has 1 atom stereocenters. The number of rotatable bonds is 5. The molecule has 2 nitrogen and oxygen atoms in total. The van der Waals surface area contributed by atoms with Crippen LogP contribution in [0.4, 0.5) is 13.2 Å². The van der Waals surface area contributed by atoms with Crippen molar-refractivity contribution in [2.24, 2.45) is 5.84 Å². The Morgan fingerprint density at radius 2 is 1.57 bits per heavy atom. The van der Waals surface area contributed by atoms with Crippen LogP contribution < -0.4 is 11.3 Å². The molecule has 3 N–H and O–H groups in total. The van der Waals surface area contributed by atoms with Crippen LogP contribution in [-0.4, -0.2) is 6.04 Å². The first-order chi connectivity index (χ1) is 9.99. The molecule has 0 aliphatic carbocycles. The molecule has 5 heteroatoms. The van der Waals surface area contributed by atoms with Gasteiger partial charge < -0.3 is 0 Å². The topological polar surface area (TPSA) is 38.0 Å². The van der Waals surface area contributed by atoms with Crippen molar-refractivity contribution in [3.8, 4) is 0 Å². The third-order valence-corrected chi connectivity index (χ3v) is 3.49. The monoisotopic (exact) mass is 294 g/mol. The van der Waals surface area contributed by atoms with E-state index in [2.05, 4.69) is 5.43 Å². The van der Waals surface area contributed by atoms with E-state index in [9.17, 15) is 13.2 Å². The molecular weight excluding hydrogens is 277 g/mol. The lowest BCUT2D eigenvalue weighted by atomic mass is 9.96. The molecule has 112 valence electrons. The van der Waals surface area contributed by atoms with Gasteiger partial charge in [0.05, 0.1) is 0 Å². The van der Waals surface area contributed by atoms with Gasteiger partial charge >= 0.3 is 0 Å². The maximum atomic E-state index is 13.7. The quantitative estimate of drug-likeness (QED) is 0.657. The standard InChI is InChI=1S/C16H17F3N2/c1-10-2-4-13(17)6-12(10)8-15(21-20)7-11-3-5-14(18)9-16(11)19/h2-6,9,15,21H,7-8,20H2,1H3. The average molecular weight is 294 g/mol. The summed E-state index contributed by atoms with van der Waals surface area (Å²) in [5.74, 6) is 3.95. The highest BCUT2D eigenvalue weighted by molar-refractivity contribution is 5.28. The largest absolute Gasteiger partial charge is 0.271 e. The summed E-state index contributed by atoms with van der Waals surface area (Å²) in [4.78, 5) is 0. The van der Waals surface area contributed by atoms with Gasteiger partial charge in [0.2, 0.25) is 0 Å². The highest BCUT2D eigenvalue weighted by atomic mass is 19.1. The van der Waals surface area contributed by atoms with E-state index in [0.29, 0.717) is 18.4 Å². The molecule has 0 spiro atoms. The van der Waals surface area contributed by atoms with Gasteiger partial charge in [0.15, 0.2) is 0 Å². The van der Waals surface area contributed by atoms with Crippen LogP contribution in [0, 0.1) is 24.4 Å². The first-order valence-electron chi connectivity index (χ1n) is 6.64. The number of nitrogens with two attached hydrogens (primary N) is 1. The summed E-state index contributed by atoms with van der Waals surface area (Å²) in [5, 5.41) is 0. The van der Waals surface area contributed by atoms with E-state index in [0.717, 1.165) is 17.2 Å². The minimum Gasteiger partial charge on any atom is -0.271 e. The van der Waals surface area contributed by atoms with Crippen LogP contribution in [0.2, 0.25) is 0 Å². The Balaban J connectivity index is 2.14. The predicted octanol–water partition coefficient (Wildman–Crippen LogP) is 3.03. The normalized spacial score (nSPS) is 12.4. The third-order valence-electron chi connectivity index (χ3n) is 3.49. The van der Waals surface area contributed by atoms with Gasteiger partial charge in [-0.1, -0.05) is 12.1 Å². The van der Waals surface area contributed by atoms with Crippen LogP contribution in [0.5, 0.6) is 0 Å². The fraction of sp³-hybridized carbons (Fsp3) is 0.250. The van der Waals surface area contributed by atoms with Crippen LogP contribution in [0.3, 0.4) is 0 Å². The van der Waals surface area contributed by atoms with E-state index in [1.54, 1.807) is 6.07 Å². The summed E-state index contributed by atoms with van der Waals surface area (Å²) in [6, 6.07) is 7.70. The molecule has 2 aromatic carbocycles. The lowest BCUT2D eigenvalue weighted by Crippen LogP contribution is -2.38. The first kappa shape index (κ1) is 15.5. The molecule has 21 heavy (non-hydrogen) atoms. The number of hydrogen-bond acceptors (Lipinski definition) is 2. The van der Waals surface area contributed by atoms with Crippen molar-refractivity contribution < 1.29 is 13.2 Å². The van der Waals surface area contributed by atoms with Crippen molar-refractivity contribution in [2.45, 2.75) is 25.8 Å². The van der Waals surface area contributed by atoms with Gasteiger partial charge in [-0.2, -0.15) is 0 Å². The number of aryl methyl sites for hydroxylation is 1. The molecule has 0 amide bonds. The molecule has 0 saturated heterocycles. The Kier molecular flexibility index (Phi) is 4.98. The minimum absolute atomic E-state index is 0.273. The van der Waals surface area contributed by atoms with Crippen LogP contribution in [-0.2, 0) is 12.8 Å². The van der Waals surface area contributed by atoms with Gasteiger partial charge in [0.1, 0.15) is 17.5 Å². The zero-order valence-corrected chi connectivity index (χ0v) is 11.7. The summed E-state index contributed by atoms with van der Waals surface area (Å²) < 4.78 is 39.8. The van der Waals surface area contributed by atoms with Crippen LogP contribution in [0.1, 0.15) is 16.7 Å². The molecule has 0 bridgehead atoms. The Morgan fingerprint density at radius 3 is 2.24 bits per heavy atom. The predicted molar refractivity (Wildman–Crippen MR) is 76.0 cm³/mol. The summed E-state index contributed by atoms with van der Waals surface area (Å²) in [7, 11) is 0. The molecular formula is C16H17F3N2. The van der Waals surface area contributed by atoms with Crippen molar-refractivity contribution >= 4 is 0 Å². The number of benzene rings is 2. The van der Waals surface area contributed by atoms with Gasteiger partial charge in [-0.05, 0) is 54.7 Å². The van der Waals surface area contributed by atoms with E-state index in [1.807, 2.05) is 6.92 Å². The molecule has 0 radical (unpaired) electrons. The molecule has 2 rings (SSSR count).